The van der Waals surface area contributed by atoms with E-state index in [1.807, 2.05) is 13.8 Å². The van der Waals surface area contributed by atoms with E-state index in [1.165, 1.54) is 0 Å². The van der Waals surface area contributed by atoms with Gasteiger partial charge in [0.25, 0.3) is 0 Å². The molecule has 0 unspecified atom stereocenters. The Morgan fingerprint density at radius 3 is 2.42 bits per heavy atom. The lowest BCUT2D eigenvalue weighted by atomic mass is 10.0. The molecule has 0 fully saturated rings. The van der Waals surface area contributed by atoms with E-state index in [4.69, 9.17) is 10.5 Å². The second-order valence-electron chi connectivity index (χ2n) is 5.10. The lowest BCUT2D eigenvalue weighted by Crippen LogP contribution is -2.42. The third-order valence-corrected chi connectivity index (χ3v) is 2.72. The summed E-state index contributed by atoms with van der Waals surface area (Å²) < 4.78 is 4.98. The number of nitrogens with one attached hydrogen (secondary N) is 1. The van der Waals surface area contributed by atoms with Crippen LogP contribution in [0, 0.1) is 5.92 Å². The zero-order chi connectivity index (χ0) is 14.7. The monoisotopic (exact) mass is 272 g/mol. The van der Waals surface area contributed by atoms with Crippen LogP contribution in [0.15, 0.2) is 0 Å². The summed E-state index contributed by atoms with van der Waals surface area (Å²) in [6, 6.07) is -0.526. The third-order valence-electron chi connectivity index (χ3n) is 2.72. The minimum Gasteiger partial charge on any atom is -0.464 e. The molecule has 3 N–H and O–H groups in total. The number of carbonyl (C=O) groups is 2. The van der Waals surface area contributed by atoms with Crippen LogP contribution < -0.4 is 11.1 Å². The molecule has 5 heteroatoms. The van der Waals surface area contributed by atoms with Crippen LogP contribution in [0.4, 0.5) is 0 Å². The average Bonchev–Trinajstić information content (AvgIpc) is 2.33. The van der Waals surface area contributed by atoms with Crippen LogP contribution in [0.1, 0.15) is 52.9 Å². The zero-order valence-corrected chi connectivity index (χ0v) is 12.4. The molecule has 0 heterocycles. The van der Waals surface area contributed by atoms with Gasteiger partial charge >= 0.3 is 5.97 Å². The number of carbonyl (C=O) groups excluding carboxylic acids is 2. The molecule has 0 aromatic heterocycles. The topological polar surface area (TPSA) is 81.4 Å². The van der Waals surface area contributed by atoms with E-state index in [0.29, 0.717) is 31.9 Å². The minimum atomic E-state index is -0.526. The van der Waals surface area contributed by atoms with E-state index in [9.17, 15) is 9.59 Å². The van der Waals surface area contributed by atoms with E-state index in [0.717, 1.165) is 19.3 Å². The van der Waals surface area contributed by atoms with Crippen molar-refractivity contribution < 1.29 is 14.3 Å². The number of hydrogen-bond acceptors (Lipinski definition) is 4. The van der Waals surface area contributed by atoms with Gasteiger partial charge in [-0.25, -0.2) is 4.79 Å². The second kappa shape index (κ2) is 10.8. The Balaban J connectivity index is 4.15. The van der Waals surface area contributed by atoms with Gasteiger partial charge in [-0.15, -0.1) is 0 Å². The van der Waals surface area contributed by atoms with Crippen molar-refractivity contribution in [2.24, 2.45) is 11.7 Å². The van der Waals surface area contributed by atoms with Crippen molar-refractivity contribution in [1.29, 1.82) is 0 Å². The summed E-state index contributed by atoms with van der Waals surface area (Å²) in [7, 11) is 0. The Morgan fingerprint density at radius 1 is 1.21 bits per heavy atom. The summed E-state index contributed by atoms with van der Waals surface area (Å²) in [4.78, 5) is 23.5. The van der Waals surface area contributed by atoms with E-state index < -0.39 is 6.04 Å². The second-order valence-corrected chi connectivity index (χ2v) is 5.10. The Labute approximate surface area is 116 Å². The molecule has 0 spiro atoms. The van der Waals surface area contributed by atoms with Gasteiger partial charge in [0.15, 0.2) is 0 Å². The zero-order valence-electron chi connectivity index (χ0n) is 12.4. The van der Waals surface area contributed by atoms with E-state index >= 15 is 0 Å². The molecule has 0 aromatic carbocycles. The van der Waals surface area contributed by atoms with Crippen molar-refractivity contribution in [2.75, 3.05) is 13.2 Å². The number of esters is 1. The van der Waals surface area contributed by atoms with Gasteiger partial charge in [0.1, 0.15) is 6.04 Å². The molecule has 19 heavy (non-hydrogen) atoms. The number of nitrogens with two attached hydrogens (primary N) is 1. The first-order chi connectivity index (χ1) is 9.01. The Bertz CT molecular complexity index is 267. The Hall–Kier alpha value is -1.10. The SMILES string of the molecule is CCOC(=O)[C@H](CC(C)C)NC(=O)CCCCCN. The maximum atomic E-state index is 11.8. The third kappa shape index (κ3) is 9.47. The van der Waals surface area contributed by atoms with Crippen molar-refractivity contribution in [2.45, 2.75) is 58.9 Å². The fourth-order valence-electron chi connectivity index (χ4n) is 1.80. The number of ether oxygens (including phenoxy) is 1. The molecule has 0 aromatic rings. The van der Waals surface area contributed by atoms with Gasteiger partial charge in [-0.2, -0.15) is 0 Å². The summed E-state index contributed by atoms with van der Waals surface area (Å²) in [5.74, 6) is -0.103. The van der Waals surface area contributed by atoms with Crippen LogP contribution in [-0.4, -0.2) is 31.1 Å². The molecular formula is C14H28N2O3. The predicted octanol–water partition coefficient (Wildman–Crippen LogP) is 1.60. The lowest BCUT2D eigenvalue weighted by Gasteiger charge is -2.19. The van der Waals surface area contributed by atoms with Gasteiger partial charge < -0.3 is 15.8 Å². The summed E-state index contributed by atoms with van der Waals surface area (Å²) in [6.45, 7) is 6.78. The maximum Gasteiger partial charge on any atom is 0.328 e. The van der Waals surface area contributed by atoms with Gasteiger partial charge in [0, 0.05) is 6.42 Å². The van der Waals surface area contributed by atoms with Crippen molar-refractivity contribution in [1.82, 2.24) is 5.32 Å². The van der Waals surface area contributed by atoms with Crippen LogP contribution in [0.25, 0.3) is 0 Å². The largest absolute Gasteiger partial charge is 0.464 e. The summed E-state index contributed by atoms with van der Waals surface area (Å²) >= 11 is 0. The summed E-state index contributed by atoms with van der Waals surface area (Å²) in [5, 5.41) is 2.77. The maximum absolute atomic E-state index is 11.8. The molecule has 0 saturated heterocycles. The average molecular weight is 272 g/mol. The molecular weight excluding hydrogens is 244 g/mol. The molecule has 0 saturated carbocycles. The standard InChI is InChI=1S/C14H28N2O3/c1-4-19-14(18)12(10-11(2)3)16-13(17)8-6-5-7-9-15/h11-12H,4-10,15H2,1-3H3,(H,16,17)/t12-/m0/s1. The number of amides is 1. The van der Waals surface area contributed by atoms with E-state index in [-0.39, 0.29) is 11.9 Å². The van der Waals surface area contributed by atoms with Gasteiger partial charge in [0.2, 0.25) is 5.91 Å². The molecule has 0 bridgehead atoms. The highest BCUT2D eigenvalue weighted by molar-refractivity contribution is 5.84. The van der Waals surface area contributed by atoms with Crippen LogP contribution in [0.5, 0.6) is 0 Å². The Kier molecular flexibility index (Phi) is 10.2. The van der Waals surface area contributed by atoms with Crippen LogP contribution in [0.2, 0.25) is 0 Å². The molecule has 5 nitrogen and oxygen atoms in total. The van der Waals surface area contributed by atoms with Crippen molar-refractivity contribution in [3.63, 3.8) is 0 Å². The van der Waals surface area contributed by atoms with Crippen LogP contribution in [-0.2, 0) is 14.3 Å². The lowest BCUT2D eigenvalue weighted by molar-refractivity contribution is -0.147. The summed E-state index contributed by atoms with van der Waals surface area (Å²) in [5.41, 5.74) is 5.39. The van der Waals surface area contributed by atoms with Gasteiger partial charge in [0.05, 0.1) is 6.61 Å². The highest BCUT2D eigenvalue weighted by Gasteiger charge is 2.22. The molecule has 0 aliphatic heterocycles. The Morgan fingerprint density at radius 2 is 1.89 bits per heavy atom. The molecule has 112 valence electrons. The molecule has 0 rings (SSSR count). The molecule has 0 aliphatic rings. The first-order valence-electron chi connectivity index (χ1n) is 7.17. The van der Waals surface area contributed by atoms with Crippen LogP contribution in [0.3, 0.4) is 0 Å². The predicted molar refractivity (Wildman–Crippen MR) is 75.5 cm³/mol. The summed E-state index contributed by atoms with van der Waals surface area (Å²) in [6.07, 6.45) is 3.72. The molecule has 1 atom stereocenters. The fraction of sp³-hybridized carbons (Fsp3) is 0.857. The van der Waals surface area contributed by atoms with Crippen LogP contribution >= 0.6 is 0 Å². The normalized spacial score (nSPS) is 12.3. The number of unbranched alkanes of at least 4 members (excludes halogenated alkanes) is 2. The smallest absolute Gasteiger partial charge is 0.328 e. The molecule has 0 radical (unpaired) electrons. The highest BCUT2D eigenvalue weighted by atomic mass is 16.5. The first-order valence-corrected chi connectivity index (χ1v) is 7.17. The van der Waals surface area contributed by atoms with Gasteiger partial charge in [-0.05, 0) is 38.6 Å². The van der Waals surface area contributed by atoms with Gasteiger partial charge in [-0.1, -0.05) is 20.3 Å². The van der Waals surface area contributed by atoms with Gasteiger partial charge in [-0.3, -0.25) is 4.79 Å². The number of hydrogen-bond donors (Lipinski definition) is 2. The number of rotatable bonds is 10. The minimum absolute atomic E-state index is 0.0873. The molecule has 1 amide bonds. The fourth-order valence-corrected chi connectivity index (χ4v) is 1.80. The van der Waals surface area contributed by atoms with Crippen molar-refractivity contribution in [3.8, 4) is 0 Å². The van der Waals surface area contributed by atoms with E-state index in [2.05, 4.69) is 5.32 Å². The highest BCUT2D eigenvalue weighted by Crippen LogP contribution is 2.07. The molecule has 0 aliphatic carbocycles. The van der Waals surface area contributed by atoms with Crippen molar-refractivity contribution in [3.05, 3.63) is 0 Å². The van der Waals surface area contributed by atoms with E-state index in [1.54, 1.807) is 6.92 Å². The van der Waals surface area contributed by atoms with Crippen molar-refractivity contribution >= 4 is 11.9 Å². The quantitative estimate of drug-likeness (QED) is 0.467. The first kappa shape index (κ1) is 17.9.